The second-order valence-corrected chi connectivity index (χ2v) is 5.70. The summed E-state index contributed by atoms with van der Waals surface area (Å²) in [5.41, 5.74) is 6.49. The van der Waals surface area contributed by atoms with Gasteiger partial charge >= 0.3 is 0 Å². The van der Waals surface area contributed by atoms with Gasteiger partial charge in [-0.2, -0.15) is 0 Å². The molecular weight excluding hydrogens is 198 g/mol. The van der Waals surface area contributed by atoms with E-state index in [0.29, 0.717) is 0 Å². The van der Waals surface area contributed by atoms with Crippen LogP contribution in [0.2, 0.25) is 0 Å². The number of rotatable bonds is 5. The average molecular weight is 225 g/mol. The first-order valence-corrected chi connectivity index (χ1v) is 7.16. The highest BCUT2D eigenvalue weighted by molar-refractivity contribution is 4.96. The molecule has 2 rings (SSSR count). The molecule has 2 nitrogen and oxygen atoms in total. The zero-order chi connectivity index (χ0) is 11.4. The van der Waals surface area contributed by atoms with Crippen LogP contribution in [0.3, 0.4) is 0 Å². The van der Waals surface area contributed by atoms with Crippen LogP contribution in [-0.4, -0.2) is 18.2 Å². The molecule has 16 heavy (non-hydrogen) atoms. The van der Waals surface area contributed by atoms with Crippen LogP contribution in [0.1, 0.15) is 64.7 Å². The van der Waals surface area contributed by atoms with Crippen molar-refractivity contribution in [3.63, 3.8) is 0 Å². The summed E-state index contributed by atoms with van der Waals surface area (Å²) >= 11 is 0. The van der Waals surface area contributed by atoms with E-state index in [0.717, 1.165) is 12.5 Å². The highest BCUT2D eigenvalue weighted by Crippen LogP contribution is 2.39. The maximum absolute atomic E-state index is 6.45. The molecule has 0 aromatic carbocycles. The van der Waals surface area contributed by atoms with Crippen molar-refractivity contribution in [2.24, 2.45) is 11.7 Å². The summed E-state index contributed by atoms with van der Waals surface area (Å²) in [6, 6.07) is 0.276. The van der Waals surface area contributed by atoms with E-state index in [1.54, 1.807) is 0 Å². The largest absolute Gasteiger partial charge is 0.374 e. The van der Waals surface area contributed by atoms with Crippen LogP contribution in [0, 0.1) is 5.92 Å². The Morgan fingerprint density at radius 2 is 1.81 bits per heavy atom. The second kappa shape index (κ2) is 5.50. The molecule has 2 N–H and O–H groups in total. The Hall–Kier alpha value is -0.0800. The van der Waals surface area contributed by atoms with Crippen molar-refractivity contribution in [3.05, 3.63) is 0 Å². The van der Waals surface area contributed by atoms with E-state index < -0.39 is 0 Å². The van der Waals surface area contributed by atoms with Crippen molar-refractivity contribution in [1.29, 1.82) is 0 Å². The first-order valence-electron chi connectivity index (χ1n) is 7.16. The third-order valence-corrected chi connectivity index (χ3v) is 4.62. The fourth-order valence-electron chi connectivity index (χ4n) is 3.70. The Bertz CT molecular complexity index is 205. The lowest BCUT2D eigenvalue weighted by Gasteiger charge is -2.36. The SMILES string of the molecule is CCOC1(C(N)CC2CCCC2)CCCC1. The Labute approximate surface area is 99.9 Å². The monoisotopic (exact) mass is 225 g/mol. The lowest BCUT2D eigenvalue weighted by molar-refractivity contribution is -0.0571. The van der Waals surface area contributed by atoms with Crippen LogP contribution < -0.4 is 5.73 Å². The van der Waals surface area contributed by atoms with Crippen LogP contribution in [0.4, 0.5) is 0 Å². The summed E-state index contributed by atoms with van der Waals surface area (Å²) in [4.78, 5) is 0. The third kappa shape index (κ3) is 2.60. The van der Waals surface area contributed by atoms with Gasteiger partial charge < -0.3 is 10.5 Å². The normalized spacial score (nSPS) is 27.4. The molecular formula is C14H27NO. The molecule has 0 aromatic heterocycles. The predicted molar refractivity (Wildman–Crippen MR) is 67.4 cm³/mol. The first-order chi connectivity index (χ1) is 7.77. The van der Waals surface area contributed by atoms with E-state index >= 15 is 0 Å². The van der Waals surface area contributed by atoms with Crippen molar-refractivity contribution < 1.29 is 4.74 Å². The minimum Gasteiger partial charge on any atom is -0.374 e. The molecule has 0 amide bonds. The second-order valence-electron chi connectivity index (χ2n) is 5.70. The predicted octanol–water partition coefficient (Wildman–Crippen LogP) is 3.24. The molecule has 0 aromatic rings. The number of hydrogen-bond donors (Lipinski definition) is 1. The first kappa shape index (κ1) is 12.4. The Balaban J connectivity index is 1.90. The zero-order valence-electron chi connectivity index (χ0n) is 10.7. The van der Waals surface area contributed by atoms with Gasteiger partial charge in [0.25, 0.3) is 0 Å². The van der Waals surface area contributed by atoms with Gasteiger partial charge in [-0.15, -0.1) is 0 Å². The van der Waals surface area contributed by atoms with Crippen LogP contribution in [0.25, 0.3) is 0 Å². The molecule has 2 fully saturated rings. The van der Waals surface area contributed by atoms with Gasteiger partial charge in [0.2, 0.25) is 0 Å². The molecule has 1 unspecified atom stereocenters. The van der Waals surface area contributed by atoms with Crippen molar-refractivity contribution in [1.82, 2.24) is 0 Å². The summed E-state index contributed by atoms with van der Waals surface area (Å²) in [6.07, 6.45) is 11.8. The van der Waals surface area contributed by atoms with Crippen molar-refractivity contribution in [2.45, 2.75) is 76.4 Å². The standard InChI is InChI=1S/C14H27NO/c1-2-16-14(9-5-6-10-14)13(15)11-12-7-3-4-8-12/h12-13H,2-11,15H2,1H3. The van der Waals surface area contributed by atoms with Gasteiger partial charge in [-0.05, 0) is 32.1 Å². The van der Waals surface area contributed by atoms with Crippen molar-refractivity contribution >= 4 is 0 Å². The van der Waals surface area contributed by atoms with E-state index in [9.17, 15) is 0 Å². The molecule has 0 spiro atoms. The third-order valence-electron chi connectivity index (χ3n) is 4.62. The van der Waals surface area contributed by atoms with E-state index in [1.807, 2.05) is 0 Å². The molecule has 2 aliphatic rings. The van der Waals surface area contributed by atoms with Gasteiger partial charge in [0, 0.05) is 12.6 Å². The lowest BCUT2D eigenvalue weighted by Crippen LogP contribution is -2.49. The molecule has 0 heterocycles. The topological polar surface area (TPSA) is 35.2 Å². The van der Waals surface area contributed by atoms with Crippen LogP contribution in [0.5, 0.6) is 0 Å². The van der Waals surface area contributed by atoms with Gasteiger partial charge in [0.15, 0.2) is 0 Å². The molecule has 2 heteroatoms. The highest BCUT2D eigenvalue weighted by atomic mass is 16.5. The fraction of sp³-hybridized carbons (Fsp3) is 1.00. The molecule has 1 atom stereocenters. The summed E-state index contributed by atoms with van der Waals surface area (Å²) < 4.78 is 6.04. The van der Waals surface area contributed by atoms with E-state index in [4.69, 9.17) is 10.5 Å². The van der Waals surface area contributed by atoms with E-state index in [1.165, 1.54) is 57.8 Å². The smallest absolute Gasteiger partial charge is 0.0832 e. The van der Waals surface area contributed by atoms with E-state index in [2.05, 4.69) is 6.92 Å². The minimum absolute atomic E-state index is 0.0390. The lowest BCUT2D eigenvalue weighted by atomic mass is 9.85. The summed E-state index contributed by atoms with van der Waals surface area (Å²) in [7, 11) is 0. The van der Waals surface area contributed by atoms with Crippen molar-refractivity contribution in [3.8, 4) is 0 Å². The fourth-order valence-corrected chi connectivity index (χ4v) is 3.70. The molecule has 0 radical (unpaired) electrons. The van der Waals surface area contributed by atoms with Gasteiger partial charge in [-0.25, -0.2) is 0 Å². The van der Waals surface area contributed by atoms with Gasteiger partial charge in [-0.1, -0.05) is 38.5 Å². The Kier molecular flexibility index (Phi) is 4.26. The summed E-state index contributed by atoms with van der Waals surface area (Å²) in [5.74, 6) is 0.882. The zero-order valence-corrected chi connectivity index (χ0v) is 10.7. The van der Waals surface area contributed by atoms with Crippen LogP contribution >= 0.6 is 0 Å². The number of hydrogen-bond acceptors (Lipinski definition) is 2. The number of ether oxygens (including phenoxy) is 1. The maximum Gasteiger partial charge on any atom is 0.0832 e. The molecule has 0 bridgehead atoms. The number of nitrogens with two attached hydrogens (primary N) is 1. The van der Waals surface area contributed by atoms with Gasteiger partial charge in [-0.3, -0.25) is 0 Å². The van der Waals surface area contributed by atoms with Crippen molar-refractivity contribution in [2.75, 3.05) is 6.61 Å². The van der Waals surface area contributed by atoms with Gasteiger partial charge in [0.05, 0.1) is 5.60 Å². The molecule has 0 aliphatic heterocycles. The van der Waals surface area contributed by atoms with Gasteiger partial charge in [0.1, 0.15) is 0 Å². The molecule has 94 valence electrons. The quantitative estimate of drug-likeness (QED) is 0.779. The Morgan fingerprint density at radius 3 is 2.38 bits per heavy atom. The van der Waals surface area contributed by atoms with Crippen LogP contribution in [-0.2, 0) is 4.74 Å². The minimum atomic E-state index is 0.0390. The maximum atomic E-state index is 6.45. The Morgan fingerprint density at radius 1 is 1.19 bits per heavy atom. The molecule has 2 aliphatic carbocycles. The average Bonchev–Trinajstić information content (AvgIpc) is 2.89. The molecule has 0 saturated heterocycles. The molecule has 2 saturated carbocycles. The van der Waals surface area contributed by atoms with E-state index in [-0.39, 0.29) is 11.6 Å². The summed E-state index contributed by atoms with van der Waals surface area (Å²) in [5, 5.41) is 0. The van der Waals surface area contributed by atoms with Crippen LogP contribution in [0.15, 0.2) is 0 Å². The summed E-state index contributed by atoms with van der Waals surface area (Å²) in [6.45, 7) is 2.92. The highest BCUT2D eigenvalue weighted by Gasteiger charge is 2.41.